The Balaban J connectivity index is 1.86. The van der Waals surface area contributed by atoms with Gasteiger partial charge in [0.1, 0.15) is 5.82 Å². The molecule has 2 aromatic heterocycles. The van der Waals surface area contributed by atoms with Gasteiger partial charge in [0.25, 0.3) is 0 Å². The highest BCUT2D eigenvalue weighted by molar-refractivity contribution is 7.20. The molecule has 2 heterocycles. The highest BCUT2D eigenvalue weighted by atomic mass is 32.1. The van der Waals surface area contributed by atoms with Gasteiger partial charge < -0.3 is 4.57 Å². The normalized spacial score (nSPS) is 12.3. The molecule has 0 unspecified atom stereocenters. The van der Waals surface area contributed by atoms with Crippen molar-refractivity contribution in [2.75, 3.05) is 0 Å². The van der Waals surface area contributed by atoms with E-state index in [1.54, 1.807) is 10.6 Å². The lowest BCUT2D eigenvalue weighted by molar-refractivity contribution is 0.0997. The van der Waals surface area contributed by atoms with Gasteiger partial charge in [-0.1, -0.05) is 36.5 Å². The number of aromatic nitrogens is 2. The van der Waals surface area contributed by atoms with E-state index in [1.807, 2.05) is 37.3 Å². The van der Waals surface area contributed by atoms with Crippen LogP contribution in [0.1, 0.15) is 23.1 Å². The van der Waals surface area contributed by atoms with Crippen LogP contribution in [0.2, 0.25) is 0 Å². The molecule has 0 aliphatic carbocycles. The van der Waals surface area contributed by atoms with Crippen molar-refractivity contribution in [3.05, 3.63) is 58.1 Å². The van der Waals surface area contributed by atoms with E-state index >= 15 is 0 Å². The van der Waals surface area contributed by atoms with Gasteiger partial charge in [0.2, 0.25) is 0 Å². The van der Waals surface area contributed by atoms with Crippen molar-refractivity contribution in [3.8, 4) is 0 Å². The van der Waals surface area contributed by atoms with E-state index < -0.39 is 5.91 Å². The summed E-state index contributed by atoms with van der Waals surface area (Å²) in [6, 6.07) is 12.5. The predicted molar refractivity (Wildman–Crippen MR) is 99.6 cm³/mol. The lowest BCUT2D eigenvalue weighted by Gasteiger charge is -2.02. The zero-order chi connectivity index (χ0) is 17.4. The second-order valence-electron chi connectivity index (χ2n) is 5.53. The molecule has 4 nitrogen and oxygen atoms in total. The molecule has 0 aliphatic rings. The maximum Gasteiger partial charge on any atom is 0.308 e. The van der Waals surface area contributed by atoms with Crippen LogP contribution in [-0.2, 0) is 6.54 Å². The largest absolute Gasteiger partial charge is 0.314 e. The number of halogens is 1. The van der Waals surface area contributed by atoms with Crippen molar-refractivity contribution >= 4 is 49.0 Å². The number of para-hydroxylation sites is 2. The molecule has 4 aromatic rings. The number of carbonyl (C=O) groups is 1. The molecule has 1 amide bonds. The number of hydrogen-bond acceptors (Lipinski definition) is 4. The molecule has 0 radical (unpaired) electrons. The van der Waals surface area contributed by atoms with Gasteiger partial charge >= 0.3 is 5.91 Å². The third-order valence-corrected chi connectivity index (χ3v) is 5.84. The van der Waals surface area contributed by atoms with Crippen LogP contribution in [0.3, 0.4) is 0 Å². The van der Waals surface area contributed by atoms with E-state index in [2.05, 4.69) is 9.98 Å². The molecule has 2 aromatic carbocycles. The van der Waals surface area contributed by atoms with Crippen LogP contribution in [0.4, 0.5) is 4.39 Å². The van der Waals surface area contributed by atoms with Crippen LogP contribution >= 0.6 is 22.7 Å². The molecule has 0 bridgehead atoms. The van der Waals surface area contributed by atoms with E-state index in [9.17, 15) is 9.18 Å². The molecule has 0 fully saturated rings. The summed E-state index contributed by atoms with van der Waals surface area (Å²) in [5.74, 6) is -0.686. The monoisotopic (exact) mass is 371 g/mol. The van der Waals surface area contributed by atoms with Gasteiger partial charge in [-0.25, -0.2) is 9.37 Å². The second-order valence-corrected chi connectivity index (χ2v) is 7.57. The first-order valence-corrected chi connectivity index (χ1v) is 9.53. The summed E-state index contributed by atoms with van der Waals surface area (Å²) >= 11 is 2.64. The average Bonchev–Trinajstić information content (AvgIpc) is 3.18. The van der Waals surface area contributed by atoms with Crippen molar-refractivity contribution < 1.29 is 9.18 Å². The van der Waals surface area contributed by atoms with Crippen molar-refractivity contribution in [1.29, 1.82) is 0 Å². The third-order valence-electron chi connectivity index (χ3n) is 3.77. The van der Waals surface area contributed by atoms with Crippen molar-refractivity contribution in [2.24, 2.45) is 4.99 Å². The summed E-state index contributed by atoms with van der Waals surface area (Å²) in [6.07, 6.45) is 0.822. The predicted octanol–water partition coefficient (Wildman–Crippen LogP) is 4.60. The zero-order valence-electron chi connectivity index (χ0n) is 13.4. The first-order valence-electron chi connectivity index (χ1n) is 7.90. The minimum atomic E-state index is -0.391. The van der Waals surface area contributed by atoms with Gasteiger partial charge in [-0.2, -0.15) is 4.99 Å². The number of hydrogen-bond donors (Lipinski definition) is 0. The standard InChI is InChI=1S/C18H14FN3OS2/c1-2-10-22-15-11(19)6-5-9-14(15)25-18(22)21-16(23)17-20-12-7-3-4-8-13(12)24-17/h3-9H,2,10H2,1H3. The maximum absolute atomic E-state index is 14.2. The van der Waals surface area contributed by atoms with Crippen LogP contribution in [0.5, 0.6) is 0 Å². The molecule has 0 spiro atoms. The SMILES string of the molecule is CCCn1c(=NC(=O)c2nc3ccccc3s2)sc2cccc(F)c21. The van der Waals surface area contributed by atoms with Crippen LogP contribution < -0.4 is 4.80 Å². The molecule has 0 aliphatic heterocycles. The molecule has 4 rings (SSSR count). The fourth-order valence-corrected chi connectivity index (χ4v) is 4.62. The second kappa shape index (κ2) is 6.50. The fourth-order valence-electron chi connectivity index (χ4n) is 2.70. The molecular weight excluding hydrogens is 357 g/mol. The summed E-state index contributed by atoms with van der Waals surface area (Å²) in [6.45, 7) is 2.61. The summed E-state index contributed by atoms with van der Waals surface area (Å²) in [4.78, 5) is 21.7. The topological polar surface area (TPSA) is 47.2 Å². The summed E-state index contributed by atoms with van der Waals surface area (Å²) < 4.78 is 17.7. The summed E-state index contributed by atoms with van der Waals surface area (Å²) in [7, 11) is 0. The number of rotatable bonds is 3. The van der Waals surface area contributed by atoms with Crippen molar-refractivity contribution in [2.45, 2.75) is 19.9 Å². The number of aryl methyl sites for hydroxylation is 1. The zero-order valence-corrected chi connectivity index (χ0v) is 15.0. The minimum absolute atomic E-state index is 0.295. The maximum atomic E-state index is 14.2. The van der Waals surface area contributed by atoms with E-state index in [-0.39, 0.29) is 5.82 Å². The summed E-state index contributed by atoms with van der Waals surface area (Å²) in [5.41, 5.74) is 1.29. The van der Waals surface area contributed by atoms with E-state index in [1.165, 1.54) is 28.7 Å². The first kappa shape index (κ1) is 16.1. The number of nitrogens with zero attached hydrogens (tertiary/aromatic N) is 3. The van der Waals surface area contributed by atoms with E-state index in [4.69, 9.17) is 0 Å². The number of thiazole rings is 2. The fraction of sp³-hybridized carbons (Fsp3) is 0.167. The molecule has 126 valence electrons. The lowest BCUT2D eigenvalue weighted by Crippen LogP contribution is -2.17. The van der Waals surface area contributed by atoms with Gasteiger partial charge in [0, 0.05) is 6.54 Å². The highest BCUT2D eigenvalue weighted by Crippen LogP contribution is 2.23. The Morgan fingerprint density at radius 1 is 1.16 bits per heavy atom. The van der Waals surface area contributed by atoms with Crippen LogP contribution in [0.25, 0.3) is 20.4 Å². The van der Waals surface area contributed by atoms with Gasteiger partial charge in [-0.15, -0.1) is 11.3 Å². The Morgan fingerprint density at radius 2 is 1.96 bits per heavy atom. The van der Waals surface area contributed by atoms with Crippen molar-refractivity contribution in [3.63, 3.8) is 0 Å². The molecule has 7 heteroatoms. The Hall–Kier alpha value is -2.38. The summed E-state index contributed by atoms with van der Waals surface area (Å²) in [5, 5.41) is 0.349. The number of benzene rings is 2. The molecule has 0 saturated heterocycles. The van der Waals surface area contributed by atoms with Gasteiger partial charge in [0.15, 0.2) is 9.81 Å². The highest BCUT2D eigenvalue weighted by Gasteiger charge is 2.14. The number of carbonyl (C=O) groups excluding carboxylic acids is 1. The number of amides is 1. The lowest BCUT2D eigenvalue weighted by atomic mass is 10.3. The van der Waals surface area contributed by atoms with Crippen LogP contribution in [-0.4, -0.2) is 15.5 Å². The van der Waals surface area contributed by atoms with Crippen LogP contribution in [0.15, 0.2) is 47.5 Å². The Labute approximate surface area is 150 Å². The van der Waals surface area contributed by atoms with Gasteiger partial charge in [-0.05, 0) is 30.7 Å². The van der Waals surface area contributed by atoms with E-state index in [0.717, 1.165) is 21.3 Å². The average molecular weight is 371 g/mol. The Morgan fingerprint density at radius 3 is 2.76 bits per heavy atom. The minimum Gasteiger partial charge on any atom is -0.314 e. The van der Waals surface area contributed by atoms with Gasteiger partial charge in [-0.3, -0.25) is 4.79 Å². The Bertz CT molecular complexity index is 1120. The molecule has 0 N–H and O–H groups in total. The number of fused-ring (bicyclic) bond motifs is 2. The van der Waals surface area contributed by atoms with Gasteiger partial charge in [0.05, 0.1) is 20.4 Å². The molecular formula is C18H14FN3OS2. The van der Waals surface area contributed by atoms with Crippen LogP contribution in [0, 0.1) is 5.82 Å². The molecule has 0 atom stereocenters. The third kappa shape index (κ3) is 2.89. The van der Waals surface area contributed by atoms with Crippen molar-refractivity contribution in [1.82, 2.24) is 9.55 Å². The molecule has 0 saturated carbocycles. The smallest absolute Gasteiger partial charge is 0.308 e. The Kier molecular flexibility index (Phi) is 4.19. The first-order chi connectivity index (χ1) is 12.2. The molecule has 25 heavy (non-hydrogen) atoms. The quantitative estimate of drug-likeness (QED) is 0.528. The van der Waals surface area contributed by atoms with E-state index in [0.29, 0.717) is 21.9 Å².